The van der Waals surface area contributed by atoms with Crippen LogP contribution in [0.4, 0.5) is 0 Å². The fourth-order valence-corrected chi connectivity index (χ4v) is 2.00. The highest BCUT2D eigenvalue weighted by molar-refractivity contribution is 7.98. The van der Waals surface area contributed by atoms with Crippen LogP contribution < -0.4 is 0 Å². The number of hydrogen-bond acceptors (Lipinski definition) is 1. The van der Waals surface area contributed by atoms with Gasteiger partial charge in [0.05, 0.1) is 0 Å². The predicted octanol–water partition coefficient (Wildman–Crippen LogP) is 3.79. The monoisotopic (exact) mass is 204 g/mol. The fraction of sp³-hybridized carbons (Fsp3) is 0.385. The minimum Gasteiger partial charge on any atom is -0.129 e. The Hall–Kier alpha value is -0.870. The van der Waals surface area contributed by atoms with E-state index < -0.39 is 0 Å². The van der Waals surface area contributed by atoms with Gasteiger partial charge in [0.2, 0.25) is 0 Å². The summed E-state index contributed by atoms with van der Waals surface area (Å²) in [6.07, 6.45) is 3.03. The van der Waals surface area contributed by atoms with Crippen LogP contribution in [0, 0.1) is 25.7 Å². The van der Waals surface area contributed by atoms with E-state index in [0.717, 1.165) is 6.42 Å². The molecule has 0 heterocycles. The van der Waals surface area contributed by atoms with Crippen molar-refractivity contribution in [2.75, 3.05) is 6.26 Å². The molecule has 14 heavy (non-hydrogen) atoms. The lowest BCUT2D eigenvalue weighted by Gasteiger charge is -2.05. The molecule has 0 bridgehead atoms. The van der Waals surface area contributed by atoms with Gasteiger partial charge >= 0.3 is 0 Å². The van der Waals surface area contributed by atoms with Crippen LogP contribution in [0.1, 0.15) is 30.0 Å². The quantitative estimate of drug-likeness (QED) is 0.495. The predicted molar refractivity (Wildman–Crippen MR) is 64.9 cm³/mol. The van der Waals surface area contributed by atoms with E-state index in [1.54, 1.807) is 11.8 Å². The third-order valence-corrected chi connectivity index (χ3v) is 3.02. The molecule has 0 radical (unpaired) electrons. The van der Waals surface area contributed by atoms with Gasteiger partial charge < -0.3 is 0 Å². The highest BCUT2D eigenvalue weighted by Crippen LogP contribution is 2.23. The Morgan fingerprint density at radius 1 is 1.21 bits per heavy atom. The van der Waals surface area contributed by atoms with E-state index in [0.29, 0.717) is 0 Å². The zero-order chi connectivity index (χ0) is 10.6. The summed E-state index contributed by atoms with van der Waals surface area (Å²) < 4.78 is 0. The topological polar surface area (TPSA) is 0 Å². The summed E-state index contributed by atoms with van der Waals surface area (Å²) in [5, 5.41) is 0. The molecule has 1 heteroatoms. The molecule has 0 aliphatic heterocycles. The van der Waals surface area contributed by atoms with Crippen LogP contribution in [-0.2, 0) is 0 Å². The van der Waals surface area contributed by atoms with Crippen LogP contribution in [0.15, 0.2) is 17.0 Å². The molecule has 0 N–H and O–H groups in total. The maximum atomic E-state index is 3.20. The summed E-state index contributed by atoms with van der Waals surface area (Å²) in [4.78, 5) is 1.35. The largest absolute Gasteiger partial charge is 0.129 e. The van der Waals surface area contributed by atoms with E-state index in [-0.39, 0.29) is 0 Å². The number of hydrogen-bond donors (Lipinski definition) is 0. The molecule has 0 saturated heterocycles. The van der Waals surface area contributed by atoms with Crippen molar-refractivity contribution in [3.05, 3.63) is 28.8 Å². The van der Waals surface area contributed by atoms with E-state index in [9.17, 15) is 0 Å². The van der Waals surface area contributed by atoms with Crippen LogP contribution in [0.5, 0.6) is 0 Å². The molecular weight excluding hydrogens is 188 g/mol. The maximum Gasteiger partial charge on any atom is 0.0277 e. The number of thioether (sulfide) groups is 1. The summed E-state index contributed by atoms with van der Waals surface area (Å²) in [5.41, 5.74) is 3.77. The van der Waals surface area contributed by atoms with Crippen LogP contribution in [-0.4, -0.2) is 6.26 Å². The van der Waals surface area contributed by atoms with E-state index >= 15 is 0 Å². The highest BCUT2D eigenvalue weighted by atomic mass is 32.2. The van der Waals surface area contributed by atoms with Gasteiger partial charge in [0.1, 0.15) is 0 Å². The Bertz CT molecular complexity index is 380. The lowest BCUT2D eigenvalue weighted by molar-refractivity contribution is 1.24. The first-order chi connectivity index (χ1) is 6.69. The second kappa shape index (κ2) is 5.12. The fourth-order valence-electron chi connectivity index (χ4n) is 1.33. The summed E-state index contributed by atoms with van der Waals surface area (Å²) in [6, 6.07) is 4.41. The van der Waals surface area contributed by atoms with Gasteiger partial charge in [0, 0.05) is 16.9 Å². The van der Waals surface area contributed by atoms with Crippen molar-refractivity contribution in [1.29, 1.82) is 0 Å². The molecule has 0 nitrogen and oxygen atoms in total. The van der Waals surface area contributed by atoms with Gasteiger partial charge in [0.15, 0.2) is 0 Å². The number of benzene rings is 1. The molecule has 0 fully saturated rings. The molecule has 0 atom stereocenters. The van der Waals surface area contributed by atoms with Crippen molar-refractivity contribution in [2.45, 2.75) is 32.1 Å². The molecule has 1 rings (SSSR count). The molecule has 0 saturated carbocycles. The summed E-state index contributed by atoms with van der Waals surface area (Å²) in [5.74, 6) is 6.31. The van der Waals surface area contributed by atoms with Crippen LogP contribution in [0.3, 0.4) is 0 Å². The number of rotatable bonds is 1. The van der Waals surface area contributed by atoms with E-state index in [1.807, 2.05) is 0 Å². The summed E-state index contributed by atoms with van der Waals surface area (Å²) in [7, 11) is 0. The first-order valence-corrected chi connectivity index (χ1v) is 6.05. The average molecular weight is 204 g/mol. The Balaban J connectivity index is 3.15. The molecule has 1 aromatic rings. The normalized spacial score (nSPS) is 9.43. The molecule has 1 aromatic carbocycles. The Morgan fingerprint density at radius 3 is 2.50 bits per heavy atom. The standard InChI is InChI=1S/C13H16S/c1-5-6-7-12-8-11(3)13(14-4)9-10(12)2/h8-9H,5H2,1-4H3. The van der Waals surface area contributed by atoms with Crippen molar-refractivity contribution >= 4 is 11.8 Å². The van der Waals surface area contributed by atoms with Gasteiger partial charge in [-0.1, -0.05) is 18.8 Å². The van der Waals surface area contributed by atoms with Crippen molar-refractivity contribution in [3.8, 4) is 11.8 Å². The van der Waals surface area contributed by atoms with Gasteiger partial charge in [-0.15, -0.1) is 11.8 Å². The molecular formula is C13H16S. The SMILES string of the molecule is CCC#Cc1cc(C)c(SC)cc1C. The third kappa shape index (κ3) is 2.56. The van der Waals surface area contributed by atoms with Crippen molar-refractivity contribution in [1.82, 2.24) is 0 Å². The van der Waals surface area contributed by atoms with E-state index in [1.165, 1.54) is 21.6 Å². The van der Waals surface area contributed by atoms with Gasteiger partial charge in [-0.3, -0.25) is 0 Å². The zero-order valence-corrected chi connectivity index (χ0v) is 10.1. The Kier molecular flexibility index (Phi) is 4.10. The lowest BCUT2D eigenvalue weighted by atomic mass is 10.1. The molecule has 0 unspecified atom stereocenters. The van der Waals surface area contributed by atoms with E-state index in [4.69, 9.17) is 0 Å². The molecule has 0 amide bonds. The average Bonchev–Trinajstić information content (AvgIpc) is 2.18. The Labute approximate surface area is 91.1 Å². The van der Waals surface area contributed by atoms with Crippen molar-refractivity contribution in [2.24, 2.45) is 0 Å². The third-order valence-electron chi connectivity index (χ3n) is 2.14. The second-order valence-electron chi connectivity index (χ2n) is 3.29. The smallest absolute Gasteiger partial charge is 0.0277 e. The lowest BCUT2D eigenvalue weighted by Crippen LogP contribution is -1.87. The van der Waals surface area contributed by atoms with Crippen LogP contribution >= 0.6 is 11.8 Å². The second-order valence-corrected chi connectivity index (χ2v) is 4.14. The highest BCUT2D eigenvalue weighted by Gasteiger charge is 2.01. The maximum absolute atomic E-state index is 3.20. The van der Waals surface area contributed by atoms with Gasteiger partial charge in [0.25, 0.3) is 0 Å². The van der Waals surface area contributed by atoms with Crippen LogP contribution in [0.25, 0.3) is 0 Å². The molecule has 0 aliphatic carbocycles. The molecule has 0 aliphatic rings. The van der Waals surface area contributed by atoms with Crippen molar-refractivity contribution < 1.29 is 0 Å². The first kappa shape index (κ1) is 11.2. The molecule has 74 valence electrons. The first-order valence-electron chi connectivity index (χ1n) is 4.83. The van der Waals surface area contributed by atoms with Crippen molar-refractivity contribution in [3.63, 3.8) is 0 Å². The minimum atomic E-state index is 0.919. The molecule has 0 spiro atoms. The van der Waals surface area contributed by atoms with Crippen LogP contribution in [0.2, 0.25) is 0 Å². The summed E-state index contributed by atoms with van der Waals surface area (Å²) >= 11 is 1.79. The Morgan fingerprint density at radius 2 is 1.93 bits per heavy atom. The zero-order valence-electron chi connectivity index (χ0n) is 9.27. The summed E-state index contributed by atoms with van der Waals surface area (Å²) in [6.45, 7) is 6.34. The van der Waals surface area contributed by atoms with Gasteiger partial charge in [-0.2, -0.15) is 0 Å². The van der Waals surface area contributed by atoms with Gasteiger partial charge in [-0.05, 0) is 43.4 Å². The van der Waals surface area contributed by atoms with E-state index in [2.05, 4.69) is 51.0 Å². The number of aryl methyl sites for hydroxylation is 2. The molecule has 0 aromatic heterocycles. The minimum absolute atomic E-state index is 0.919. The van der Waals surface area contributed by atoms with Gasteiger partial charge in [-0.25, -0.2) is 0 Å².